The summed E-state index contributed by atoms with van der Waals surface area (Å²) in [5, 5.41) is 11.0. The van der Waals surface area contributed by atoms with Gasteiger partial charge in [-0.25, -0.2) is 8.78 Å². The van der Waals surface area contributed by atoms with Crippen molar-refractivity contribution in [2.45, 2.75) is 31.8 Å². The van der Waals surface area contributed by atoms with Crippen LogP contribution >= 0.6 is 35.3 Å². The summed E-state index contributed by atoms with van der Waals surface area (Å²) in [5.74, 6) is -0.854. The highest BCUT2D eigenvalue weighted by atomic mass is 127. The van der Waals surface area contributed by atoms with E-state index in [1.54, 1.807) is 24.5 Å². The van der Waals surface area contributed by atoms with Crippen molar-refractivity contribution in [2.24, 2.45) is 4.99 Å². The van der Waals surface area contributed by atoms with E-state index in [0.29, 0.717) is 30.5 Å². The molecule has 0 atom stereocenters. The lowest BCUT2D eigenvalue weighted by Gasteiger charge is -2.33. The van der Waals surface area contributed by atoms with Crippen molar-refractivity contribution in [3.05, 3.63) is 57.8 Å². The molecular weight excluding hydrogens is 493 g/mol. The van der Waals surface area contributed by atoms with E-state index in [9.17, 15) is 8.78 Å². The first kappa shape index (κ1) is 23.0. The van der Waals surface area contributed by atoms with Crippen molar-refractivity contribution >= 4 is 41.3 Å². The predicted octanol–water partition coefficient (Wildman–Crippen LogP) is 4.02. The molecule has 1 saturated heterocycles. The third-order valence-corrected chi connectivity index (χ3v) is 5.59. The minimum Gasteiger partial charge on any atom is -0.356 e. The molecule has 1 aliphatic rings. The number of guanidine groups is 1. The Labute approximate surface area is 186 Å². The summed E-state index contributed by atoms with van der Waals surface area (Å²) < 4.78 is 27.0. The molecule has 28 heavy (non-hydrogen) atoms. The molecule has 1 fully saturated rings. The lowest BCUT2D eigenvalue weighted by Crippen LogP contribution is -2.48. The van der Waals surface area contributed by atoms with Gasteiger partial charge in [-0.05, 0) is 53.3 Å². The smallest absolute Gasteiger partial charge is 0.191 e. The maximum Gasteiger partial charge on any atom is 0.191 e. The van der Waals surface area contributed by atoms with E-state index in [1.807, 2.05) is 0 Å². The Morgan fingerprint density at radius 2 is 2.04 bits per heavy atom. The molecule has 0 unspecified atom stereocenters. The van der Waals surface area contributed by atoms with Gasteiger partial charge in [0.15, 0.2) is 17.6 Å². The lowest BCUT2D eigenvalue weighted by atomic mass is 10.0. The van der Waals surface area contributed by atoms with Gasteiger partial charge in [-0.1, -0.05) is 12.1 Å². The van der Waals surface area contributed by atoms with E-state index in [-0.39, 0.29) is 24.0 Å². The second-order valence-electron chi connectivity index (χ2n) is 6.79. The molecule has 2 N–H and O–H groups in total. The Balaban J connectivity index is 0.00000280. The number of hydrogen-bond donors (Lipinski definition) is 2. The quantitative estimate of drug-likeness (QED) is 0.344. The molecule has 2 aromatic rings. The van der Waals surface area contributed by atoms with Crippen LogP contribution in [-0.4, -0.2) is 43.6 Å². The van der Waals surface area contributed by atoms with Crippen molar-refractivity contribution in [3.63, 3.8) is 0 Å². The molecule has 0 radical (unpaired) electrons. The summed E-state index contributed by atoms with van der Waals surface area (Å²) in [7, 11) is 1.73. The van der Waals surface area contributed by atoms with Crippen molar-refractivity contribution in [1.82, 2.24) is 15.5 Å². The Hall–Kier alpha value is -1.26. The summed E-state index contributed by atoms with van der Waals surface area (Å²) in [6.45, 7) is 3.62. The third kappa shape index (κ3) is 6.66. The highest BCUT2D eigenvalue weighted by Crippen LogP contribution is 2.15. The largest absolute Gasteiger partial charge is 0.356 e. The standard InChI is InChI=1S/C20H26F2N4S.HI/c1-23-20(24-9-5-16-3-2-4-18(21)19(16)22)25-17-6-10-26(11-7-17)13-15-8-12-27-14-15;/h2-4,8,12,14,17H,5-7,9-11,13H2,1H3,(H2,23,24,25);1H. The molecule has 3 rings (SSSR count). The normalized spacial score (nSPS) is 15.9. The first-order valence-corrected chi connectivity index (χ1v) is 10.2. The van der Waals surface area contributed by atoms with E-state index in [4.69, 9.17) is 0 Å². The average molecular weight is 520 g/mol. The minimum atomic E-state index is -0.802. The van der Waals surface area contributed by atoms with E-state index in [2.05, 4.69) is 37.4 Å². The Bertz CT molecular complexity index is 747. The maximum absolute atomic E-state index is 13.7. The summed E-state index contributed by atoms with van der Waals surface area (Å²) >= 11 is 1.74. The number of hydrogen-bond acceptors (Lipinski definition) is 3. The van der Waals surface area contributed by atoms with Crippen LogP contribution in [0.25, 0.3) is 0 Å². The van der Waals surface area contributed by atoms with Gasteiger partial charge in [-0.2, -0.15) is 11.3 Å². The highest BCUT2D eigenvalue weighted by molar-refractivity contribution is 14.0. The van der Waals surface area contributed by atoms with Crippen LogP contribution in [0.5, 0.6) is 0 Å². The molecule has 0 amide bonds. The zero-order valence-electron chi connectivity index (χ0n) is 16.0. The Kier molecular flexibility index (Phi) is 9.60. The minimum absolute atomic E-state index is 0. The molecule has 0 spiro atoms. The molecule has 4 nitrogen and oxygen atoms in total. The van der Waals surface area contributed by atoms with E-state index in [1.165, 1.54) is 11.6 Å². The third-order valence-electron chi connectivity index (χ3n) is 4.86. The first-order chi connectivity index (χ1) is 13.2. The van der Waals surface area contributed by atoms with Gasteiger partial charge in [-0.3, -0.25) is 9.89 Å². The number of piperidine rings is 1. The number of halogens is 3. The van der Waals surface area contributed by atoms with Gasteiger partial charge in [0.1, 0.15) is 0 Å². The Morgan fingerprint density at radius 1 is 1.25 bits per heavy atom. The summed E-state index contributed by atoms with van der Waals surface area (Å²) in [4.78, 5) is 6.72. The van der Waals surface area contributed by atoms with Gasteiger partial charge in [-0.15, -0.1) is 24.0 Å². The number of nitrogens with zero attached hydrogens (tertiary/aromatic N) is 2. The highest BCUT2D eigenvalue weighted by Gasteiger charge is 2.20. The van der Waals surface area contributed by atoms with Crippen LogP contribution in [-0.2, 0) is 13.0 Å². The van der Waals surface area contributed by atoms with Crippen molar-refractivity contribution in [2.75, 3.05) is 26.7 Å². The Morgan fingerprint density at radius 3 is 2.71 bits per heavy atom. The summed E-state index contributed by atoms with van der Waals surface area (Å²) in [6, 6.07) is 6.84. The van der Waals surface area contributed by atoms with Crippen molar-refractivity contribution in [1.29, 1.82) is 0 Å². The maximum atomic E-state index is 13.7. The van der Waals surface area contributed by atoms with Crippen molar-refractivity contribution in [3.8, 4) is 0 Å². The molecule has 8 heteroatoms. The molecule has 0 aliphatic carbocycles. The zero-order valence-corrected chi connectivity index (χ0v) is 19.1. The molecule has 0 bridgehead atoms. The average Bonchev–Trinajstić information content (AvgIpc) is 3.19. The van der Waals surface area contributed by atoms with Gasteiger partial charge in [0.25, 0.3) is 0 Å². The van der Waals surface area contributed by atoms with E-state index in [0.717, 1.165) is 38.5 Å². The topological polar surface area (TPSA) is 39.7 Å². The van der Waals surface area contributed by atoms with Gasteiger partial charge in [0, 0.05) is 39.3 Å². The van der Waals surface area contributed by atoms with Gasteiger partial charge in [0.05, 0.1) is 0 Å². The van der Waals surface area contributed by atoms with E-state index < -0.39 is 11.6 Å². The molecule has 154 valence electrons. The number of nitrogens with one attached hydrogen (secondary N) is 2. The zero-order chi connectivity index (χ0) is 19.1. The number of likely N-dealkylation sites (tertiary alicyclic amines) is 1. The van der Waals surface area contributed by atoms with Crippen LogP contribution in [0.3, 0.4) is 0 Å². The summed E-state index contributed by atoms with van der Waals surface area (Å²) in [6.07, 6.45) is 2.52. The van der Waals surface area contributed by atoms with Gasteiger partial charge >= 0.3 is 0 Å². The van der Waals surface area contributed by atoms with Crippen LogP contribution < -0.4 is 10.6 Å². The van der Waals surface area contributed by atoms with E-state index >= 15 is 0 Å². The summed E-state index contributed by atoms with van der Waals surface area (Å²) in [5.41, 5.74) is 1.76. The number of rotatable bonds is 6. The molecular formula is C20H27F2IN4S. The van der Waals surface area contributed by atoms with Crippen LogP contribution in [0.15, 0.2) is 40.0 Å². The molecule has 1 aromatic carbocycles. The van der Waals surface area contributed by atoms with Crippen molar-refractivity contribution < 1.29 is 8.78 Å². The van der Waals surface area contributed by atoms with Crippen LogP contribution in [0.2, 0.25) is 0 Å². The first-order valence-electron chi connectivity index (χ1n) is 9.29. The monoisotopic (exact) mass is 520 g/mol. The predicted molar refractivity (Wildman–Crippen MR) is 123 cm³/mol. The fraction of sp³-hybridized carbons (Fsp3) is 0.450. The molecule has 1 aliphatic heterocycles. The van der Waals surface area contributed by atoms with Crippen LogP contribution in [0.1, 0.15) is 24.0 Å². The SMILES string of the molecule is CN=C(NCCc1cccc(F)c1F)NC1CCN(Cc2ccsc2)CC1.I. The second kappa shape index (κ2) is 11.7. The van der Waals surface area contributed by atoms with Crippen LogP contribution in [0, 0.1) is 11.6 Å². The number of benzene rings is 1. The molecule has 2 heterocycles. The number of thiophene rings is 1. The second-order valence-corrected chi connectivity index (χ2v) is 7.57. The number of aliphatic imine (C=N–C) groups is 1. The van der Waals surface area contributed by atoms with Crippen LogP contribution in [0.4, 0.5) is 8.78 Å². The fourth-order valence-electron chi connectivity index (χ4n) is 3.32. The lowest BCUT2D eigenvalue weighted by molar-refractivity contribution is 0.198. The van der Waals surface area contributed by atoms with Gasteiger partial charge in [0.2, 0.25) is 0 Å². The van der Waals surface area contributed by atoms with Gasteiger partial charge < -0.3 is 10.6 Å². The molecule has 0 saturated carbocycles. The fourth-order valence-corrected chi connectivity index (χ4v) is 3.98. The molecule has 1 aromatic heterocycles.